The van der Waals surface area contributed by atoms with E-state index < -0.39 is 25.8 Å². The Hall–Kier alpha value is -2.08. The highest BCUT2D eigenvalue weighted by Gasteiger charge is 2.28. The van der Waals surface area contributed by atoms with Crippen molar-refractivity contribution in [3.63, 3.8) is 0 Å². The Morgan fingerprint density at radius 2 is 1.84 bits per heavy atom. The third-order valence-corrected chi connectivity index (χ3v) is 8.42. The summed E-state index contributed by atoms with van der Waals surface area (Å²) in [6, 6.07) is 4.54. The number of halogens is 1. The maximum absolute atomic E-state index is 13.2. The van der Waals surface area contributed by atoms with Crippen LogP contribution in [0.15, 0.2) is 40.5 Å². The number of benzene rings is 1. The summed E-state index contributed by atoms with van der Waals surface area (Å²) in [5.41, 5.74) is 0.606. The summed E-state index contributed by atoms with van der Waals surface area (Å²) in [6.07, 6.45) is 8.16. The van der Waals surface area contributed by atoms with Crippen LogP contribution in [0.1, 0.15) is 43.6 Å². The van der Waals surface area contributed by atoms with Crippen molar-refractivity contribution in [3.8, 4) is 0 Å². The Labute approximate surface area is 193 Å². The summed E-state index contributed by atoms with van der Waals surface area (Å²) in [5, 5.41) is 2.49. The molecule has 0 saturated heterocycles. The van der Waals surface area contributed by atoms with Crippen LogP contribution < -0.4 is 10.0 Å². The van der Waals surface area contributed by atoms with E-state index >= 15 is 0 Å². The van der Waals surface area contributed by atoms with Gasteiger partial charge in [-0.25, -0.2) is 31.5 Å². The number of nitrogens with zero attached hydrogens (tertiary/aromatic N) is 2. The Kier molecular flexibility index (Phi) is 7.53. The maximum Gasteiger partial charge on any atom is 0.259 e. The van der Waals surface area contributed by atoms with Crippen LogP contribution in [0.25, 0.3) is 0 Å². The molecule has 2 N–H and O–H groups in total. The quantitative estimate of drug-likeness (QED) is 0.568. The standard InChI is InChI=1S/C20H25ClN4O5S2/c1-22-32(29,30)19-12-23-18(11-24-19)25-20(26)15(9-13-5-3-4-6-13)14-7-8-17(16(21)10-14)31(2,27)28/h7-8,10-13,15,22H,3-6,9H2,1-2H3,(H,23,25,26)/t15-/m1/s1. The van der Waals surface area contributed by atoms with Crippen molar-refractivity contribution < 1.29 is 21.6 Å². The first-order valence-corrected chi connectivity index (χ1v) is 13.8. The van der Waals surface area contributed by atoms with E-state index in [1.165, 1.54) is 25.4 Å². The summed E-state index contributed by atoms with van der Waals surface area (Å²) >= 11 is 6.22. The molecule has 1 amide bonds. The number of rotatable bonds is 8. The molecule has 0 bridgehead atoms. The molecular formula is C20H25ClN4O5S2. The zero-order valence-corrected chi connectivity index (χ0v) is 20.1. The number of nitrogens with one attached hydrogen (secondary N) is 2. The van der Waals surface area contributed by atoms with Crippen molar-refractivity contribution >= 4 is 43.2 Å². The monoisotopic (exact) mass is 500 g/mol. The number of aromatic nitrogens is 2. The van der Waals surface area contributed by atoms with Crippen molar-refractivity contribution in [1.82, 2.24) is 14.7 Å². The van der Waals surface area contributed by atoms with Crippen LogP contribution in [-0.2, 0) is 24.7 Å². The Balaban J connectivity index is 1.87. The molecule has 1 fully saturated rings. The number of anilines is 1. The smallest absolute Gasteiger partial charge is 0.259 e. The van der Waals surface area contributed by atoms with Gasteiger partial charge >= 0.3 is 0 Å². The van der Waals surface area contributed by atoms with Gasteiger partial charge in [-0.05, 0) is 37.1 Å². The number of hydrogen-bond acceptors (Lipinski definition) is 7. The van der Waals surface area contributed by atoms with E-state index in [0.29, 0.717) is 17.9 Å². The van der Waals surface area contributed by atoms with Gasteiger partial charge < -0.3 is 5.32 Å². The first-order valence-electron chi connectivity index (χ1n) is 10.1. The molecule has 1 aromatic heterocycles. The lowest BCUT2D eigenvalue weighted by Crippen LogP contribution is -2.24. The van der Waals surface area contributed by atoms with Crippen molar-refractivity contribution in [1.29, 1.82) is 0 Å². The largest absolute Gasteiger partial charge is 0.309 e. The number of carbonyl (C=O) groups excluding carboxylic acids is 1. The lowest BCUT2D eigenvalue weighted by molar-refractivity contribution is -0.118. The zero-order valence-electron chi connectivity index (χ0n) is 17.7. The van der Waals surface area contributed by atoms with Crippen molar-refractivity contribution in [3.05, 3.63) is 41.2 Å². The van der Waals surface area contributed by atoms with Gasteiger partial charge in [-0.1, -0.05) is 43.4 Å². The van der Waals surface area contributed by atoms with Gasteiger partial charge in [0, 0.05) is 6.26 Å². The fraction of sp³-hybridized carbons (Fsp3) is 0.450. The van der Waals surface area contributed by atoms with Crippen LogP contribution >= 0.6 is 11.6 Å². The predicted molar refractivity (Wildman–Crippen MR) is 121 cm³/mol. The van der Waals surface area contributed by atoms with E-state index in [-0.39, 0.29) is 26.7 Å². The second-order valence-corrected chi connectivity index (χ2v) is 12.1. The molecule has 0 spiro atoms. The fourth-order valence-corrected chi connectivity index (χ4v) is 5.78. The number of sulfonamides is 1. The molecule has 3 rings (SSSR count). The summed E-state index contributed by atoms with van der Waals surface area (Å²) in [4.78, 5) is 21.0. The zero-order chi connectivity index (χ0) is 23.5. The van der Waals surface area contributed by atoms with Gasteiger partial charge in [0.25, 0.3) is 10.0 Å². The first kappa shape index (κ1) is 24.6. The molecule has 1 aromatic carbocycles. The SMILES string of the molecule is CNS(=O)(=O)c1cnc(NC(=O)[C@H](CC2CCCC2)c2ccc(S(C)(=O)=O)c(Cl)c2)cn1. The van der Waals surface area contributed by atoms with Gasteiger partial charge in [0.1, 0.15) is 0 Å². The van der Waals surface area contributed by atoms with Gasteiger partial charge in [-0.15, -0.1) is 0 Å². The second-order valence-electron chi connectivity index (χ2n) is 7.84. The molecule has 0 unspecified atom stereocenters. The average molecular weight is 501 g/mol. The Morgan fingerprint density at radius 3 is 2.38 bits per heavy atom. The summed E-state index contributed by atoms with van der Waals surface area (Å²) in [6.45, 7) is 0. The molecule has 2 aromatic rings. The molecular weight excluding hydrogens is 476 g/mol. The minimum absolute atomic E-state index is 0.00939. The van der Waals surface area contributed by atoms with Gasteiger partial charge in [-0.3, -0.25) is 4.79 Å². The highest BCUT2D eigenvalue weighted by molar-refractivity contribution is 7.90. The van der Waals surface area contributed by atoms with E-state index in [2.05, 4.69) is 20.0 Å². The highest BCUT2D eigenvalue weighted by Crippen LogP contribution is 2.36. The minimum atomic E-state index is -3.74. The van der Waals surface area contributed by atoms with Crippen molar-refractivity contribution in [2.75, 3.05) is 18.6 Å². The van der Waals surface area contributed by atoms with Crippen molar-refractivity contribution in [2.45, 2.75) is 47.9 Å². The van der Waals surface area contributed by atoms with Crippen LogP contribution in [0.2, 0.25) is 5.02 Å². The molecule has 12 heteroatoms. The molecule has 1 atom stereocenters. The predicted octanol–water partition coefficient (Wildman–Crippen LogP) is 2.74. The summed E-state index contributed by atoms with van der Waals surface area (Å²) < 4.78 is 49.5. The second kappa shape index (κ2) is 9.82. The van der Waals surface area contributed by atoms with Crippen LogP contribution in [0.3, 0.4) is 0 Å². The molecule has 1 aliphatic carbocycles. The molecule has 0 aliphatic heterocycles. The third kappa shape index (κ3) is 5.83. The number of sulfone groups is 1. The molecule has 0 radical (unpaired) electrons. The Bertz CT molecular complexity index is 1190. The minimum Gasteiger partial charge on any atom is -0.309 e. The lowest BCUT2D eigenvalue weighted by Gasteiger charge is -2.21. The van der Waals surface area contributed by atoms with Crippen molar-refractivity contribution in [2.24, 2.45) is 5.92 Å². The van der Waals surface area contributed by atoms with E-state index in [4.69, 9.17) is 11.6 Å². The molecule has 1 aliphatic rings. The average Bonchev–Trinajstić information content (AvgIpc) is 3.24. The topological polar surface area (TPSA) is 135 Å². The van der Waals surface area contributed by atoms with E-state index in [1.54, 1.807) is 6.07 Å². The Morgan fingerprint density at radius 1 is 1.16 bits per heavy atom. The van der Waals surface area contributed by atoms with E-state index in [9.17, 15) is 21.6 Å². The van der Waals surface area contributed by atoms with Gasteiger partial charge in [0.15, 0.2) is 20.7 Å². The molecule has 9 nitrogen and oxygen atoms in total. The third-order valence-electron chi connectivity index (χ3n) is 5.54. The van der Waals surface area contributed by atoms with Gasteiger partial charge in [-0.2, -0.15) is 0 Å². The van der Waals surface area contributed by atoms with Gasteiger partial charge in [0.2, 0.25) is 5.91 Å². The van der Waals surface area contributed by atoms with Crippen LogP contribution in [0.4, 0.5) is 5.82 Å². The summed E-state index contributed by atoms with van der Waals surface area (Å²) in [7, 11) is -5.97. The first-order chi connectivity index (χ1) is 15.0. The summed E-state index contributed by atoms with van der Waals surface area (Å²) in [5.74, 6) is -0.445. The molecule has 1 saturated carbocycles. The van der Waals surface area contributed by atoms with Crippen LogP contribution in [-0.4, -0.2) is 46.0 Å². The number of hydrogen-bond donors (Lipinski definition) is 2. The number of carbonyl (C=O) groups is 1. The molecule has 174 valence electrons. The van der Waals surface area contributed by atoms with Crippen LogP contribution in [0, 0.1) is 5.92 Å². The maximum atomic E-state index is 13.2. The molecule has 32 heavy (non-hydrogen) atoms. The fourth-order valence-electron chi connectivity index (χ4n) is 3.85. The normalized spacial score (nSPS) is 16.1. The van der Waals surface area contributed by atoms with E-state index in [0.717, 1.165) is 38.1 Å². The van der Waals surface area contributed by atoms with E-state index in [1.807, 2.05) is 0 Å². The number of amides is 1. The highest BCUT2D eigenvalue weighted by atomic mass is 35.5. The van der Waals surface area contributed by atoms with Gasteiger partial charge in [0.05, 0.1) is 28.2 Å². The lowest BCUT2D eigenvalue weighted by atomic mass is 9.87. The molecule has 1 heterocycles. The van der Waals surface area contributed by atoms with Crippen LogP contribution in [0.5, 0.6) is 0 Å².